The molecule has 1 saturated heterocycles. The van der Waals surface area contributed by atoms with E-state index >= 15 is 0 Å². The second kappa shape index (κ2) is 7.76. The van der Waals surface area contributed by atoms with Gasteiger partial charge < -0.3 is 24.6 Å². The molecule has 13 heteroatoms. The topological polar surface area (TPSA) is 101 Å². The molecule has 8 nitrogen and oxygen atoms in total. The van der Waals surface area contributed by atoms with Crippen LogP contribution in [0.4, 0.5) is 22.0 Å². The lowest BCUT2D eigenvalue weighted by atomic mass is 10.00. The van der Waals surface area contributed by atoms with E-state index < -0.39 is 64.2 Å². The summed E-state index contributed by atoms with van der Waals surface area (Å²) < 4.78 is 75.7. The number of fused-ring (bicyclic) bond motifs is 8. The normalized spacial score (nSPS) is 30.3. The van der Waals surface area contributed by atoms with E-state index in [9.17, 15) is 41.4 Å². The first-order valence-electron chi connectivity index (χ1n) is 11.7. The van der Waals surface area contributed by atoms with Crippen LogP contribution in [0.25, 0.3) is 0 Å². The Hall–Kier alpha value is -3.48. The van der Waals surface area contributed by atoms with Gasteiger partial charge >= 0.3 is 6.18 Å². The first-order chi connectivity index (χ1) is 17.4. The summed E-state index contributed by atoms with van der Waals surface area (Å²) in [7, 11) is 0. The third-order valence-corrected chi connectivity index (χ3v) is 8.03. The average molecular weight is 525 g/mol. The van der Waals surface area contributed by atoms with Gasteiger partial charge in [-0.1, -0.05) is 13.0 Å². The van der Waals surface area contributed by atoms with Gasteiger partial charge in [-0.05, 0) is 30.2 Å². The van der Waals surface area contributed by atoms with E-state index in [0.717, 1.165) is 10.8 Å². The highest BCUT2D eigenvalue weighted by Crippen LogP contribution is 2.62. The van der Waals surface area contributed by atoms with Crippen molar-refractivity contribution < 1.29 is 41.4 Å². The molecule has 0 radical (unpaired) electrons. The molecule has 2 aliphatic carbocycles. The molecule has 4 aliphatic rings. The van der Waals surface area contributed by atoms with Crippen LogP contribution in [0.1, 0.15) is 45.8 Å². The number of halogens is 5. The van der Waals surface area contributed by atoms with Crippen molar-refractivity contribution in [1.82, 2.24) is 14.8 Å². The number of pyridine rings is 1. The number of aromatic hydroxyl groups is 1. The van der Waals surface area contributed by atoms with Crippen molar-refractivity contribution in [3.63, 3.8) is 0 Å². The maximum Gasteiger partial charge on any atom is 0.412 e. The first-order valence-corrected chi connectivity index (χ1v) is 11.7. The van der Waals surface area contributed by atoms with Crippen molar-refractivity contribution >= 4 is 11.8 Å². The predicted molar refractivity (Wildman–Crippen MR) is 114 cm³/mol. The molecule has 2 saturated carbocycles. The van der Waals surface area contributed by atoms with Crippen molar-refractivity contribution in [1.29, 1.82) is 0 Å². The zero-order chi connectivity index (χ0) is 26.5. The summed E-state index contributed by atoms with van der Waals surface area (Å²) in [6.07, 6.45) is -4.44. The van der Waals surface area contributed by atoms with Crippen molar-refractivity contribution in [3.8, 4) is 5.75 Å². The van der Waals surface area contributed by atoms with E-state index in [1.165, 1.54) is 4.90 Å². The Labute approximate surface area is 205 Å². The summed E-state index contributed by atoms with van der Waals surface area (Å²) in [6.45, 7) is 2.02. The molecule has 0 spiro atoms. The number of nitrogens with one attached hydrogen (secondary N) is 1. The lowest BCUT2D eigenvalue weighted by Gasteiger charge is -2.46. The summed E-state index contributed by atoms with van der Waals surface area (Å²) in [4.78, 5) is 40.5. The van der Waals surface area contributed by atoms with Crippen molar-refractivity contribution in [2.45, 2.75) is 50.5 Å². The fourth-order valence-corrected chi connectivity index (χ4v) is 6.36. The number of alkyl halides is 3. The van der Waals surface area contributed by atoms with Gasteiger partial charge in [-0.2, -0.15) is 13.2 Å². The highest BCUT2D eigenvalue weighted by atomic mass is 19.4. The third kappa shape index (κ3) is 3.46. The smallest absolute Gasteiger partial charge is 0.412 e. The Kier molecular flexibility index (Phi) is 5.01. The molecule has 2 aromatic rings. The molecule has 2 unspecified atom stereocenters. The minimum Gasteiger partial charge on any atom is -0.503 e. The quantitative estimate of drug-likeness (QED) is 0.601. The molecule has 2 N–H and O–H groups in total. The lowest BCUT2D eigenvalue weighted by Crippen LogP contribution is -2.58. The zero-order valence-corrected chi connectivity index (χ0v) is 19.1. The molecule has 2 amide bonds. The van der Waals surface area contributed by atoms with E-state index in [1.807, 2.05) is 0 Å². The Morgan fingerprint density at radius 2 is 1.95 bits per heavy atom. The van der Waals surface area contributed by atoms with Crippen LogP contribution in [0.15, 0.2) is 29.2 Å². The summed E-state index contributed by atoms with van der Waals surface area (Å²) in [5.41, 5.74) is -3.67. The van der Waals surface area contributed by atoms with Crippen molar-refractivity contribution in [2.75, 3.05) is 0 Å². The molecular weight excluding hydrogens is 505 g/mol. The number of benzene rings is 1. The highest BCUT2D eigenvalue weighted by Gasteiger charge is 2.67. The van der Waals surface area contributed by atoms with Gasteiger partial charge in [0.25, 0.3) is 11.8 Å². The molecule has 7 atom stereocenters. The van der Waals surface area contributed by atoms with Crippen LogP contribution in [0.5, 0.6) is 5.75 Å². The Morgan fingerprint density at radius 1 is 1.22 bits per heavy atom. The number of carbonyl (C=O) groups is 2. The molecular formula is C24H20F5N3O5. The fourth-order valence-electron chi connectivity index (χ4n) is 6.36. The minimum atomic E-state index is -5.20. The molecule has 196 valence electrons. The maximum absolute atomic E-state index is 14.1. The monoisotopic (exact) mass is 525 g/mol. The van der Waals surface area contributed by atoms with E-state index in [1.54, 1.807) is 5.32 Å². The van der Waals surface area contributed by atoms with E-state index in [2.05, 4.69) is 6.92 Å². The number of ether oxygens (including phenoxy) is 1. The van der Waals surface area contributed by atoms with Gasteiger partial charge in [0.05, 0.1) is 12.6 Å². The molecule has 2 bridgehead atoms. The highest BCUT2D eigenvalue weighted by molar-refractivity contribution is 5.99. The SMILES string of the molecule is C[C@H]1[C@H]2C3CC([C@@H]12)N1C(=O)c2c(O)c(=O)c(C(=O)N[C@@H](c4ccc(F)cc4F)C(F)(F)F)cn2C[C@H]1O3. The van der Waals surface area contributed by atoms with E-state index in [4.69, 9.17) is 4.74 Å². The minimum absolute atomic E-state index is 0.0468. The molecule has 37 heavy (non-hydrogen) atoms. The van der Waals surface area contributed by atoms with E-state index in [0.29, 0.717) is 30.4 Å². The lowest BCUT2D eigenvalue weighted by molar-refractivity contribution is -0.155. The number of hydrogen-bond acceptors (Lipinski definition) is 5. The number of amides is 2. The summed E-state index contributed by atoms with van der Waals surface area (Å²) in [5, 5.41) is 12.1. The molecule has 3 heterocycles. The van der Waals surface area contributed by atoms with Crippen LogP contribution in [-0.2, 0) is 11.3 Å². The van der Waals surface area contributed by atoms with Gasteiger partial charge in [-0.25, -0.2) is 8.78 Å². The second-order valence-corrected chi connectivity index (χ2v) is 9.99. The third-order valence-electron chi connectivity index (χ3n) is 8.03. The predicted octanol–water partition coefficient (Wildman–Crippen LogP) is 2.70. The standard InChI is InChI=1S/C24H20F5N3O5/c1-8-16-13-5-14(17(8)16)37-15-7-31-6-11(19(33)20(34)18(31)23(36)32(13)15)22(35)30-21(24(27,28)29)10-3-2-9(25)4-12(10)26/h2-4,6,8,13-17,21,34H,5,7H2,1H3,(H,30,35)/t8-,13?,14?,15-,16-,17+,21+/m1/s1. The van der Waals surface area contributed by atoms with Gasteiger partial charge in [0.1, 0.15) is 17.2 Å². The Balaban J connectivity index is 1.34. The van der Waals surface area contributed by atoms with E-state index in [-0.39, 0.29) is 36.4 Å². The molecule has 2 aliphatic heterocycles. The molecule has 3 fully saturated rings. The van der Waals surface area contributed by atoms with Crippen LogP contribution >= 0.6 is 0 Å². The number of rotatable bonds is 3. The van der Waals surface area contributed by atoms with Gasteiger partial charge in [0, 0.05) is 23.9 Å². The van der Waals surface area contributed by atoms with Crippen molar-refractivity contribution in [2.24, 2.45) is 17.8 Å². The number of hydrogen-bond donors (Lipinski definition) is 2. The van der Waals surface area contributed by atoms with Crippen molar-refractivity contribution in [3.05, 3.63) is 63.1 Å². The molecule has 1 aromatic carbocycles. The maximum atomic E-state index is 14.1. The Morgan fingerprint density at radius 3 is 2.62 bits per heavy atom. The van der Waals surface area contributed by atoms with Gasteiger partial charge in [-0.15, -0.1) is 0 Å². The van der Waals surface area contributed by atoms with Crippen LogP contribution in [0, 0.1) is 29.4 Å². The van der Waals surface area contributed by atoms with Gasteiger partial charge in [-0.3, -0.25) is 14.4 Å². The Bertz CT molecular complexity index is 1410. The van der Waals surface area contributed by atoms with Gasteiger partial charge in [0.15, 0.2) is 23.7 Å². The van der Waals surface area contributed by atoms with Crippen LogP contribution < -0.4 is 10.7 Å². The number of nitrogens with zero attached hydrogens (tertiary/aromatic N) is 2. The molecule has 1 aromatic heterocycles. The second-order valence-electron chi connectivity index (χ2n) is 9.99. The summed E-state index contributed by atoms with van der Waals surface area (Å²) in [6, 6.07) is -1.65. The number of carbonyl (C=O) groups excluding carboxylic acids is 2. The van der Waals surface area contributed by atoms with Crippen LogP contribution in [0.2, 0.25) is 0 Å². The first kappa shape index (κ1) is 23.9. The average Bonchev–Trinajstić information content (AvgIpc) is 3.38. The summed E-state index contributed by atoms with van der Waals surface area (Å²) in [5.74, 6) is -5.01. The molecule has 6 rings (SSSR count). The van der Waals surface area contributed by atoms with Crippen LogP contribution in [0.3, 0.4) is 0 Å². The van der Waals surface area contributed by atoms with Gasteiger partial charge in [0.2, 0.25) is 5.43 Å². The summed E-state index contributed by atoms with van der Waals surface area (Å²) >= 11 is 0. The number of aromatic nitrogens is 1. The zero-order valence-electron chi connectivity index (χ0n) is 19.1. The largest absolute Gasteiger partial charge is 0.503 e. The van der Waals surface area contributed by atoms with Crippen LogP contribution in [-0.4, -0.2) is 50.9 Å². The fraction of sp³-hybridized carbons (Fsp3) is 0.458.